The standard InChI is InChI=1S/C15H11N3O5/c1-18-13(20)9(7-16-15(18)22)12(19)17-10-6-8-4-2-3-5-11(8)23-14(10)21/h2-7H,1H3,(H,16,22)(H,17,19). The highest BCUT2D eigenvalue weighted by Crippen LogP contribution is 2.15. The van der Waals surface area contributed by atoms with Crippen molar-refractivity contribution in [3.63, 3.8) is 0 Å². The van der Waals surface area contributed by atoms with Crippen molar-refractivity contribution in [3.05, 3.63) is 73.4 Å². The maximum Gasteiger partial charge on any atom is 0.360 e. The number of para-hydroxylation sites is 1. The lowest BCUT2D eigenvalue weighted by Crippen LogP contribution is -2.37. The molecule has 8 nitrogen and oxygen atoms in total. The van der Waals surface area contributed by atoms with Gasteiger partial charge < -0.3 is 14.7 Å². The first kappa shape index (κ1) is 14.5. The zero-order valence-corrected chi connectivity index (χ0v) is 12.0. The number of hydrogen-bond donors (Lipinski definition) is 2. The summed E-state index contributed by atoms with van der Waals surface area (Å²) in [4.78, 5) is 49.5. The van der Waals surface area contributed by atoms with Crippen LogP contribution in [0.3, 0.4) is 0 Å². The van der Waals surface area contributed by atoms with Crippen LogP contribution in [-0.2, 0) is 7.05 Å². The molecule has 0 aliphatic heterocycles. The average molecular weight is 313 g/mol. The number of anilines is 1. The molecular formula is C15H11N3O5. The molecule has 0 aliphatic carbocycles. The average Bonchev–Trinajstić information content (AvgIpc) is 2.53. The second-order valence-corrected chi connectivity index (χ2v) is 4.81. The van der Waals surface area contributed by atoms with E-state index < -0.39 is 22.8 Å². The number of nitrogens with one attached hydrogen (secondary N) is 2. The Kier molecular flexibility index (Phi) is 3.41. The van der Waals surface area contributed by atoms with Crippen LogP contribution in [0.4, 0.5) is 5.69 Å². The zero-order chi connectivity index (χ0) is 16.6. The van der Waals surface area contributed by atoms with Crippen molar-refractivity contribution in [2.24, 2.45) is 7.05 Å². The van der Waals surface area contributed by atoms with Crippen LogP contribution >= 0.6 is 0 Å². The number of aromatic amines is 1. The number of aromatic nitrogens is 2. The second-order valence-electron chi connectivity index (χ2n) is 4.81. The minimum Gasteiger partial charge on any atom is -0.421 e. The maximum atomic E-state index is 12.2. The Labute approximate surface area is 128 Å². The van der Waals surface area contributed by atoms with Crippen molar-refractivity contribution in [1.82, 2.24) is 9.55 Å². The number of H-pyrrole nitrogens is 1. The molecule has 0 saturated heterocycles. The fourth-order valence-corrected chi connectivity index (χ4v) is 2.07. The van der Waals surface area contributed by atoms with Crippen LogP contribution < -0.4 is 22.2 Å². The highest BCUT2D eigenvalue weighted by atomic mass is 16.4. The smallest absolute Gasteiger partial charge is 0.360 e. The van der Waals surface area contributed by atoms with Gasteiger partial charge in [0.2, 0.25) is 0 Å². The van der Waals surface area contributed by atoms with Gasteiger partial charge in [-0.3, -0.25) is 14.2 Å². The molecule has 1 aromatic carbocycles. The number of hydrogen-bond acceptors (Lipinski definition) is 5. The van der Waals surface area contributed by atoms with Crippen LogP contribution in [0, 0.1) is 0 Å². The molecule has 0 aliphatic rings. The molecular weight excluding hydrogens is 302 g/mol. The van der Waals surface area contributed by atoms with E-state index in [9.17, 15) is 19.2 Å². The van der Waals surface area contributed by atoms with Gasteiger partial charge in [0.15, 0.2) is 0 Å². The maximum absolute atomic E-state index is 12.2. The van der Waals surface area contributed by atoms with Crippen molar-refractivity contribution in [2.75, 3.05) is 5.32 Å². The molecule has 2 aromatic heterocycles. The molecule has 0 fully saturated rings. The number of benzene rings is 1. The van der Waals surface area contributed by atoms with Gasteiger partial charge in [-0.1, -0.05) is 18.2 Å². The van der Waals surface area contributed by atoms with E-state index in [-0.39, 0.29) is 11.3 Å². The number of rotatable bonds is 2. The third kappa shape index (κ3) is 2.57. The molecule has 0 saturated carbocycles. The Morgan fingerprint density at radius 1 is 1.22 bits per heavy atom. The van der Waals surface area contributed by atoms with Gasteiger partial charge in [0.1, 0.15) is 16.8 Å². The molecule has 3 rings (SSSR count). The second kappa shape index (κ2) is 5.41. The first-order chi connectivity index (χ1) is 11.0. The molecule has 0 spiro atoms. The first-order valence-corrected chi connectivity index (χ1v) is 6.60. The molecule has 2 heterocycles. The first-order valence-electron chi connectivity index (χ1n) is 6.60. The van der Waals surface area contributed by atoms with Gasteiger partial charge >= 0.3 is 11.3 Å². The van der Waals surface area contributed by atoms with Crippen LogP contribution in [-0.4, -0.2) is 15.5 Å². The normalized spacial score (nSPS) is 10.7. The van der Waals surface area contributed by atoms with Crippen molar-refractivity contribution < 1.29 is 9.21 Å². The highest BCUT2D eigenvalue weighted by Gasteiger charge is 2.15. The fraction of sp³-hybridized carbons (Fsp3) is 0.0667. The summed E-state index contributed by atoms with van der Waals surface area (Å²) in [6.07, 6.45) is 1.00. The van der Waals surface area contributed by atoms with E-state index in [0.29, 0.717) is 11.0 Å². The molecule has 23 heavy (non-hydrogen) atoms. The third-order valence-corrected chi connectivity index (χ3v) is 3.31. The SMILES string of the molecule is Cn1c(=O)[nH]cc(C(=O)Nc2cc3ccccc3oc2=O)c1=O. The summed E-state index contributed by atoms with van der Waals surface area (Å²) >= 11 is 0. The van der Waals surface area contributed by atoms with Gasteiger partial charge in [-0.25, -0.2) is 9.59 Å². The van der Waals surface area contributed by atoms with E-state index in [1.54, 1.807) is 24.3 Å². The van der Waals surface area contributed by atoms with Gasteiger partial charge in [0, 0.05) is 18.6 Å². The van der Waals surface area contributed by atoms with E-state index in [1.807, 2.05) is 0 Å². The van der Waals surface area contributed by atoms with Crippen LogP contribution in [0.25, 0.3) is 11.0 Å². The minimum absolute atomic E-state index is 0.0954. The predicted octanol–water partition coefficient (Wildman–Crippen LogP) is 0.432. The molecule has 0 bridgehead atoms. The van der Waals surface area contributed by atoms with Crippen LogP contribution in [0.15, 0.2) is 55.3 Å². The molecule has 0 unspecified atom stereocenters. The monoisotopic (exact) mass is 313 g/mol. The van der Waals surface area contributed by atoms with Gasteiger partial charge in [-0.05, 0) is 12.1 Å². The summed E-state index contributed by atoms with van der Waals surface area (Å²) in [6, 6.07) is 8.27. The summed E-state index contributed by atoms with van der Waals surface area (Å²) in [5.41, 5.74) is -2.15. The van der Waals surface area contributed by atoms with Crippen molar-refractivity contribution >= 4 is 22.6 Å². The minimum atomic E-state index is -0.815. The lowest BCUT2D eigenvalue weighted by molar-refractivity contribution is 0.102. The molecule has 1 amide bonds. The quantitative estimate of drug-likeness (QED) is 0.666. The van der Waals surface area contributed by atoms with E-state index in [4.69, 9.17) is 4.42 Å². The number of fused-ring (bicyclic) bond motifs is 1. The largest absolute Gasteiger partial charge is 0.421 e. The van der Waals surface area contributed by atoms with E-state index in [0.717, 1.165) is 10.8 Å². The lowest BCUT2D eigenvalue weighted by Gasteiger charge is -2.05. The Bertz CT molecular complexity index is 1090. The molecule has 116 valence electrons. The summed E-state index contributed by atoms with van der Waals surface area (Å²) in [5.74, 6) is -0.815. The van der Waals surface area contributed by atoms with Gasteiger partial charge in [0.05, 0.1) is 0 Å². The number of carbonyl (C=O) groups excluding carboxylic acids is 1. The molecule has 3 aromatic rings. The third-order valence-electron chi connectivity index (χ3n) is 3.31. The summed E-state index contributed by atoms with van der Waals surface area (Å²) in [7, 11) is 1.24. The van der Waals surface area contributed by atoms with Crippen molar-refractivity contribution in [1.29, 1.82) is 0 Å². The Morgan fingerprint density at radius 3 is 2.74 bits per heavy atom. The summed E-state index contributed by atoms with van der Waals surface area (Å²) in [5, 5.41) is 2.95. The van der Waals surface area contributed by atoms with E-state index in [2.05, 4.69) is 10.3 Å². The van der Waals surface area contributed by atoms with Crippen LogP contribution in [0.5, 0.6) is 0 Å². The van der Waals surface area contributed by atoms with Crippen LogP contribution in [0.2, 0.25) is 0 Å². The topological polar surface area (TPSA) is 114 Å². The van der Waals surface area contributed by atoms with E-state index in [1.165, 1.54) is 13.1 Å². The van der Waals surface area contributed by atoms with Crippen molar-refractivity contribution in [3.8, 4) is 0 Å². The van der Waals surface area contributed by atoms with Gasteiger partial charge in [-0.2, -0.15) is 0 Å². The van der Waals surface area contributed by atoms with Gasteiger partial charge in [-0.15, -0.1) is 0 Å². The lowest BCUT2D eigenvalue weighted by atomic mass is 10.2. The highest BCUT2D eigenvalue weighted by molar-refractivity contribution is 6.04. The molecule has 2 N–H and O–H groups in total. The van der Waals surface area contributed by atoms with E-state index >= 15 is 0 Å². The molecule has 0 radical (unpaired) electrons. The number of carbonyl (C=O) groups is 1. The Hall–Kier alpha value is -3.42. The molecule has 0 atom stereocenters. The number of amides is 1. The summed E-state index contributed by atoms with van der Waals surface area (Å²) in [6.45, 7) is 0. The fourth-order valence-electron chi connectivity index (χ4n) is 2.07. The zero-order valence-electron chi connectivity index (χ0n) is 12.0. The number of nitrogens with zero attached hydrogens (tertiary/aromatic N) is 1. The Morgan fingerprint density at radius 2 is 1.96 bits per heavy atom. The van der Waals surface area contributed by atoms with Crippen LogP contribution in [0.1, 0.15) is 10.4 Å². The van der Waals surface area contributed by atoms with Gasteiger partial charge in [0.25, 0.3) is 11.5 Å². The Balaban J connectivity index is 2.02. The molecule has 8 heteroatoms. The summed E-state index contributed by atoms with van der Waals surface area (Å²) < 4.78 is 5.85. The predicted molar refractivity (Wildman–Crippen MR) is 82.7 cm³/mol. The van der Waals surface area contributed by atoms with Crippen molar-refractivity contribution in [2.45, 2.75) is 0 Å².